The molecule has 0 radical (unpaired) electrons. The first-order chi connectivity index (χ1) is 5.64. The van der Waals surface area contributed by atoms with Crippen LogP contribution in [0.1, 0.15) is 13.3 Å². The Morgan fingerprint density at radius 2 is 2.50 bits per heavy atom. The van der Waals surface area contributed by atoms with Crippen LogP contribution in [0.5, 0.6) is 0 Å². The van der Waals surface area contributed by atoms with Gasteiger partial charge in [-0.15, -0.1) is 0 Å². The first kappa shape index (κ1) is 9.92. The summed E-state index contributed by atoms with van der Waals surface area (Å²) in [6.45, 7) is 3.58. The molecule has 1 heterocycles. The molecule has 2 unspecified atom stereocenters. The normalized spacial score (nSPS) is 28.8. The van der Waals surface area contributed by atoms with Crippen molar-refractivity contribution in [1.82, 2.24) is 0 Å². The number of hydrogen-bond acceptors (Lipinski definition) is 4. The lowest BCUT2D eigenvalue weighted by Crippen LogP contribution is -2.40. The van der Waals surface area contributed by atoms with E-state index in [9.17, 15) is 5.11 Å². The van der Waals surface area contributed by atoms with Crippen LogP contribution in [0.15, 0.2) is 0 Å². The Kier molecular flexibility index (Phi) is 3.46. The highest BCUT2D eigenvalue weighted by Crippen LogP contribution is 2.11. The Morgan fingerprint density at radius 3 is 3.00 bits per heavy atom. The van der Waals surface area contributed by atoms with Crippen molar-refractivity contribution < 1.29 is 14.6 Å². The van der Waals surface area contributed by atoms with Gasteiger partial charge in [0.1, 0.15) is 0 Å². The van der Waals surface area contributed by atoms with E-state index in [0.717, 1.165) is 13.0 Å². The second-order valence-electron chi connectivity index (χ2n) is 3.50. The van der Waals surface area contributed by atoms with Crippen LogP contribution in [0.4, 0.5) is 0 Å². The number of aliphatic hydroxyl groups is 1. The molecule has 2 atom stereocenters. The SMILES string of the molecule is CC(O)(CN)COC1CCOC1. The first-order valence-corrected chi connectivity index (χ1v) is 4.26. The van der Waals surface area contributed by atoms with E-state index in [-0.39, 0.29) is 19.3 Å². The molecule has 1 rings (SSSR count). The predicted octanol–water partition coefficient (Wildman–Crippen LogP) is -0.498. The van der Waals surface area contributed by atoms with Crippen molar-refractivity contribution >= 4 is 0 Å². The van der Waals surface area contributed by atoms with E-state index in [1.165, 1.54) is 0 Å². The molecule has 12 heavy (non-hydrogen) atoms. The summed E-state index contributed by atoms with van der Waals surface area (Å²) in [6.07, 6.45) is 1.06. The van der Waals surface area contributed by atoms with Gasteiger partial charge >= 0.3 is 0 Å². The molecule has 0 saturated carbocycles. The predicted molar refractivity (Wildman–Crippen MR) is 44.9 cm³/mol. The summed E-state index contributed by atoms with van der Waals surface area (Å²) < 4.78 is 10.5. The van der Waals surface area contributed by atoms with Crippen molar-refractivity contribution in [3.63, 3.8) is 0 Å². The minimum absolute atomic E-state index is 0.142. The summed E-state index contributed by atoms with van der Waals surface area (Å²) in [7, 11) is 0. The van der Waals surface area contributed by atoms with E-state index in [4.69, 9.17) is 15.2 Å². The maximum atomic E-state index is 9.49. The minimum Gasteiger partial charge on any atom is -0.386 e. The zero-order chi connectivity index (χ0) is 9.03. The number of nitrogens with two attached hydrogens (primary N) is 1. The molecule has 1 aliphatic rings. The van der Waals surface area contributed by atoms with Crippen molar-refractivity contribution in [1.29, 1.82) is 0 Å². The van der Waals surface area contributed by atoms with Crippen LogP contribution in [-0.4, -0.2) is 43.2 Å². The lowest BCUT2D eigenvalue weighted by atomic mass is 10.1. The quantitative estimate of drug-likeness (QED) is 0.604. The van der Waals surface area contributed by atoms with Gasteiger partial charge in [0.25, 0.3) is 0 Å². The van der Waals surface area contributed by atoms with Crippen molar-refractivity contribution in [2.45, 2.75) is 25.0 Å². The Balaban J connectivity index is 2.15. The van der Waals surface area contributed by atoms with Gasteiger partial charge in [-0.25, -0.2) is 0 Å². The van der Waals surface area contributed by atoms with Crippen LogP contribution < -0.4 is 5.73 Å². The van der Waals surface area contributed by atoms with Gasteiger partial charge in [0.05, 0.1) is 24.9 Å². The van der Waals surface area contributed by atoms with Crippen LogP contribution in [-0.2, 0) is 9.47 Å². The Labute approximate surface area is 72.6 Å². The molecule has 0 bridgehead atoms. The molecule has 0 aromatic carbocycles. The highest BCUT2D eigenvalue weighted by atomic mass is 16.5. The molecular weight excluding hydrogens is 158 g/mol. The largest absolute Gasteiger partial charge is 0.386 e. The fourth-order valence-electron chi connectivity index (χ4n) is 1.00. The second-order valence-corrected chi connectivity index (χ2v) is 3.50. The zero-order valence-electron chi connectivity index (χ0n) is 7.45. The van der Waals surface area contributed by atoms with Gasteiger partial charge in [-0.2, -0.15) is 0 Å². The standard InChI is InChI=1S/C8H17NO3/c1-8(10,5-9)6-12-7-2-3-11-4-7/h7,10H,2-6,9H2,1H3. The number of ether oxygens (including phenoxy) is 2. The third-order valence-electron chi connectivity index (χ3n) is 1.96. The molecule has 1 aliphatic heterocycles. The van der Waals surface area contributed by atoms with Gasteiger partial charge in [-0.3, -0.25) is 0 Å². The highest BCUT2D eigenvalue weighted by Gasteiger charge is 2.23. The fourth-order valence-corrected chi connectivity index (χ4v) is 1.00. The van der Waals surface area contributed by atoms with Gasteiger partial charge in [0.2, 0.25) is 0 Å². The molecule has 3 N–H and O–H groups in total. The molecule has 1 fully saturated rings. The number of rotatable bonds is 4. The van der Waals surface area contributed by atoms with E-state index in [0.29, 0.717) is 6.61 Å². The highest BCUT2D eigenvalue weighted by molar-refractivity contribution is 4.74. The van der Waals surface area contributed by atoms with Crippen LogP contribution in [0.25, 0.3) is 0 Å². The lowest BCUT2D eigenvalue weighted by molar-refractivity contribution is -0.0583. The van der Waals surface area contributed by atoms with Crippen molar-refractivity contribution in [3.8, 4) is 0 Å². The topological polar surface area (TPSA) is 64.7 Å². The first-order valence-electron chi connectivity index (χ1n) is 4.26. The summed E-state index contributed by atoms with van der Waals surface area (Å²) >= 11 is 0. The van der Waals surface area contributed by atoms with E-state index in [1.54, 1.807) is 6.92 Å². The van der Waals surface area contributed by atoms with Gasteiger partial charge in [0, 0.05) is 13.2 Å². The van der Waals surface area contributed by atoms with Crippen molar-refractivity contribution in [2.24, 2.45) is 5.73 Å². The van der Waals surface area contributed by atoms with Crippen LogP contribution in [0.2, 0.25) is 0 Å². The third-order valence-corrected chi connectivity index (χ3v) is 1.96. The van der Waals surface area contributed by atoms with Crippen LogP contribution in [0.3, 0.4) is 0 Å². The summed E-state index contributed by atoms with van der Waals surface area (Å²) in [5, 5.41) is 9.49. The fraction of sp³-hybridized carbons (Fsp3) is 1.00. The monoisotopic (exact) mass is 175 g/mol. The minimum atomic E-state index is -0.900. The number of hydrogen-bond donors (Lipinski definition) is 2. The molecule has 4 nitrogen and oxygen atoms in total. The van der Waals surface area contributed by atoms with E-state index in [1.807, 2.05) is 0 Å². The molecule has 1 saturated heterocycles. The summed E-state index contributed by atoms with van der Waals surface area (Å²) in [6, 6.07) is 0. The Hall–Kier alpha value is -0.160. The van der Waals surface area contributed by atoms with E-state index >= 15 is 0 Å². The molecule has 0 spiro atoms. The smallest absolute Gasteiger partial charge is 0.0973 e. The molecule has 0 amide bonds. The van der Waals surface area contributed by atoms with Gasteiger partial charge in [-0.05, 0) is 13.3 Å². The Morgan fingerprint density at radius 1 is 1.75 bits per heavy atom. The van der Waals surface area contributed by atoms with E-state index < -0.39 is 5.60 Å². The van der Waals surface area contributed by atoms with Gasteiger partial charge in [-0.1, -0.05) is 0 Å². The van der Waals surface area contributed by atoms with E-state index in [2.05, 4.69) is 0 Å². The average molecular weight is 175 g/mol. The molecule has 4 heteroatoms. The van der Waals surface area contributed by atoms with Gasteiger partial charge in [0.15, 0.2) is 0 Å². The lowest BCUT2D eigenvalue weighted by Gasteiger charge is -2.22. The van der Waals surface area contributed by atoms with Crippen molar-refractivity contribution in [2.75, 3.05) is 26.4 Å². The maximum absolute atomic E-state index is 9.49. The molecule has 0 aromatic rings. The summed E-state index contributed by atoms with van der Waals surface area (Å²) in [5.74, 6) is 0. The van der Waals surface area contributed by atoms with Crippen LogP contribution in [0, 0.1) is 0 Å². The van der Waals surface area contributed by atoms with Crippen LogP contribution >= 0.6 is 0 Å². The average Bonchev–Trinajstić information content (AvgIpc) is 2.53. The second kappa shape index (κ2) is 4.18. The van der Waals surface area contributed by atoms with Crippen molar-refractivity contribution in [3.05, 3.63) is 0 Å². The zero-order valence-corrected chi connectivity index (χ0v) is 7.45. The molecule has 0 aromatic heterocycles. The maximum Gasteiger partial charge on any atom is 0.0973 e. The molecule has 0 aliphatic carbocycles. The van der Waals surface area contributed by atoms with Gasteiger partial charge < -0.3 is 20.3 Å². The summed E-state index contributed by atoms with van der Waals surface area (Å²) in [4.78, 5) is 0. The summed E-state index contributed by atoms with van der Waals surface area (Å²) in [5.41, 5.74) is 4.43. The Bertz CT molecular complexity index is 132. The third kappa shape index (κ3) is 3.06. The molecular formula is C8H17NO3. The molecule has 72 valence electrons.